The van der Waals surface area contributed by atoms with Crippen LogP contribution in [0.5, 0.6) is 0 Å². The first-order chi connectivity index (χ1) is 10.7. The standard InChI is InChI=1S/C15H19N5OS/c1-12(11-21-2)18-15(22)19-16-8-13-9-17-20(10-13)14-6-4-3-5-7-14/h3-10,12H,11H2,1-2H3,(H2,18,19,22)/b16-8-/t12-/m1/s1. The number of hydrogen-bond acceptors (Lipinski definition) is 4. The molecule has 1 heterocycles. The van der Waals surface area contributed by atoms with Crippen molar-refractivity contribution < 1.29 is 4.74 Å². The van der Waals surface area contributed by atoms with Crippen molar-refractivity contribution in [3.8, 4) is 5.69 Å². The number of nitrogens with one attached hydrogen (secondary N) is 2. The van der Waals surface area contributed by atoms with Crippen LogP contribution in [0.1, 0.15) is 12.5 Å². The van der Waals surface area contributed by atoms with Gasteiger partial charge in [-0.1, -0.05) is 18.2 Å². The van der Waals surface area contributed by atoms with E-state index < -0.39 is 0 Å². The minimum Gasteiger partial charge on any atom is -0.383 e. The third kappa shape index (κ3) is 4.94. The van der Waals surface area contributed by atoms with Gasteiger partial charge < -0.3 is 10.1 Å². The van der Waals surface area contributed by atoms with E-state index in [-0.39, 0.29) is 6.04 Å². The lowest BCUT2D eigenvalue weighted by Crippen LogP contribution is -2.40. The second kappa shape index (κ2) is 8.26. The molecule has 0 unspecified atom stereocenters. The Morgan fingerprint density at radius 2 is 2.23 bits per heavy atom. The molecule has 0 aliphatic heterocycles. The molecule has 0 aliphatic carbocycles. The van der Waals surface area contributed by atoms with Gasteiger partial charge in [0.1, 0.15) is 0 Å². The van der Waals surface area contributed by atoms with Crippen LogP contribution in [0.4, 0.5) is 0 Å². The van der Waals surface area contributed by atoms with Gasteiger partial charge in [0.15, 0.2) is 5.11 Å². The van der Waals surface area contributed by atoms with Crippen molar-refractivity contribution in [2.75, 3.05) is 13.7 Å². The van der Waals surface area contributed by atoms with E-state index in [2.05, 4.69) is 20.9 Å². The Kier molecular flexibility index (Phi) is 6.05. The van der Waals surface area contributed by atoms with Crippen LogP contribution in [-0.2, 0) is 4.74 Å². The molecular weight excluding hydrogens is 298 g/mol. The summed E-state index contributed by atoms with van der Waals surface area (Å²) in [6.45, 7) is 2.56. The van der Waals surface area contributed by atoms with E-state index in [1.807, 2.05) is 43.5 Å². The van der Waals surface area contributed by atoms with E-state index in [0.29, 0.717) is 11.7 Å². The molecule has 0 spiro atoms. The fourth-order valence-corrected chi connectivity index (χ4v) is 2.09. The van der Waals surface area contributed by atoms with E-state index in [0.717, 1.165) is 11.3 Å². The monoisotopic (exact) mass is 317 g/mol. The van der Waals surface area contributed by atoms with E-state index >= 15 is 0 Å². The lowest BCUT2D eigenvalue weighted by Gasteiger charge is -2.13. The lowest BCUT2D eigenvalue weighted by atomic mass is 10.3. The summed E-state index contributed by atoms with van der Waals surface area (Å²) < 4.78 is 6.81. The molecule has 1 aromatic heterocycles. The van der Waals surface area contributed by atoms with Crippen LogP contribution < -0.4 is 10.7 Å². The first-order valence-corrected chi connectivity index (χ1v) is 7.28. The molecule has 0 bridgehead atoms. The summed E-state index contributed by atoms with van der Waals surface area (Å²) in [6, 6.07) is 10.0. The first-order valence-electron chi connectivity index (χ1n) is 6.87. The van der Waals surface area contributed by atoms with Gasteiger partial charge in [-0.05, 0) is 31.3 Å². The zero-order valence-electron chi connectivity index (χ0n) is 12.6. The number of rotatable bonds is 6. The highest BCUT2D eigenvalue weighted by molar-refractivity contribution is 7.80. The van der Waals surface area contributed by atoms with Crippen molar-refractivity contribution in [2.45, 2.75) is 13.0 Å². The number of ether oxygens (including phenoxy) is 1. The Morgan fingerprint density at radius 3 is 2.95 bits per heavy atom. The molecule has 2 N–H and O–H groups in total. The van der Waals surface area contributed by atoms with Crippen LogP contribution in [0.3, 0.4) is 0 Å². The minimum absolute atomic E-state index is 0.126. The first kappa shape index (κ1) is 16.1. The summed E-state index contributed by atoms with van der Waals surface area (Å²) in [5.74, 6) is 0. The smallest absolute Gasteiger partial charge is 0.187 e. The maximum absolute atomic E-state index is 5.13. The normalized spacial score (nSPS) is 12.3. The van der Waals surface area contributed by atoms with Gasteiger partial charge in [0, 0.05) is 24.9 Å². The fourth-order valence-electron chi connectivity index (χ4n) is 1.84. The van der Waals surface area contributed by atoms with Gasteiger partial charge in [-0.15, -0.1) is 0 Å². The molecule has 6 nitrogen and oxygen atoms in total. The molecular formula is C15H19N5OS. The fraction of sp³-hybridized carbons (Fsp3) is 0.267. The summed E-state index contributed by atoms with van der Waals surface area (Å²) in [5.41, 5.74) is 4.65. The Bertz CT molecular complexity index is 626. The van der Waals surface area contributed by atoms with Crippen LogP contribution in [0.25, 0.3) is 5.69 Å². The average molecular weight is 317 g/mol. The molecule has 0 saturated carbocycles. The second-order valence-electron chi connectivity index (χ2n) is 4.75. The highest BCUT2D eigenvalue weighted by Crippen LogP contribution is 2.06. The summed E-state index contributed by atoms with van der Waals surface area (Å²) in [7, 11) is 1.65. The number of nitrogens with zero attached hydrogens (tertiary/aromatic N) is 3. The number of para-hydroxylation sites is 1. The minimum atomic E-state index is 0.126. The number of hydrogen-bond donors (Lipinski definition) is 2. The molecule has 0 radical (unpaired) electrons. The van der Waals surface area contributed by atoms with Crippen molar-refractivity contribution in [2.24, 2.45) is 5.10 Å². The molecule has 0 aliphatic rings. The van der Waals surface area contributed by atoms with Crippen molar-refractivity contribution in [1.29, 1.82) is 0 Å². The van der Waals surface area contributed by atoms with Crippen molar-refractivity contribution in [3.63, 3.8) is 0 Å². The van der Waals surface area contributed by atoms with E-state index in [1.54, 1.807) is 24.2 Å². The van der Waals surface area contributed by atoms with Crippen LogP contribution >= 0.6 is 12.2 Å². The van der Waals surface area contributed by atoms with Gasteiger partial charge in [-0.25, -0.2) is 4.68 Å². The molecule has 0 amide bonds. The second-order valence-corrected chi connectivity index (χ2v) is 5.16. The molecule has 1 aromatic carbocycles. The Labute approximate surface area is 135 Å². The van der Waals surface area contributed by atoms with Gasteiger partial charge in [0.2, 0.25) is 0 Å². The number of hydrazone groups is 1. The molecule has 2 aromatic rings. The molecule has 22 heavy (non-hydrogen) atoms. The summed E-state index contributed by atoms with van der Waals surface area (Å²) in [6.07, 6.45) is 5.30. The van der Waals surface area contributed by atoms with Crippen LogP contribution in [0.15, 0.2) is 47.8 Å². The summed E-state index contributed by atoms with van der Waals surface area (Å²) >= 11 is 5.13. The third-order valence-electron chi connectivity index (χ3n) is 2.80. The van der Waals surface area contributed by atoms with Crippen molar-refractivity contribution in [3.05, 3.63) is 48.3 Å². The molecule has 7 heteroatoms. The maximum Gasteiger partial charge on any atom is 0.187 e. The van der Waals surface area contributed by atoms with Gasteiger partial charge in [0.05, 0.1) is 24.7 Å². The maximum atomic E-state index is 5.13. The van der Waals surface area contributed by atoms with Crippen LogP contribution in [0.2, 0.25) is 0 Å². The third-order valence-corrected chi connectivity index (χ3v) is 3.01. The predicted molar refractivity (Wildman–Crippen MR) is 91.4 cm³/mol. The van der Waals surface area contributed by atoms with E-state index in [4.69, 9.17) is 17.0 Å². The van der Waals surface area contributed by atoms with E-state index in [9.17, 15) is 0 Å². The Hall–Kier alpha value is -2.25. The molecule has 0 fully saturated rings. The predicted octanol–water partition coefficient (Wildman–Crippen LogP) is 1.71. The quantitative estimate of drug-likeness (QED) is 0.482. The number of aromatic nitrogens is 2. The summed E-state index contributed by atoms with van der Waals surface area (Å²) in [5, 5.41) is 11.9. The Balaban J connectivity index is 1.86. The number of benzene rings is 1. The van der Waals surface area contributed by atoms with Crippen LogP contribution in [-0.4, -0.2) is 40.9 Å². The van der Waals surface area contributed by atoms with E-state index in [1.165, 1.54) is 0 Å². The zero-order chi connectivity index (χ0) is 15.8. The number of methoxy groups -OCH3 is 1. The van der Waals surface area contributed by atoms with Gasteiger partial charge in [-0.2, -0.15) is 10.2 Å². The molecule has 0 saturated heterocycles. The SMILES string of the molecule is COC[C@@H](C)NC(=S)N/N=C\c1cnn(-c2ccccc2)c1. The summed E-state index contributed by atoms with van der Waals surface area (Å²) in [4.78, 5) is 0. The molecule has 116 valence electrons. The zero-order valence-corrected chi connectivity index (χ0v) is 13.4. The van der Waals surface area contributed by atoms with Gasteiger partial charge >= 0.3 is 0 Å². The Morgan fingerprint density at radius 1 is 1.45 bits per heavy atom. The molecule has 2 rings (SSSR count). The molecule has 1 atom stereocenters. The average Bonchev–Trinajstić information content (AvgIpc) is 2.97. The van der Waals surface area contributed by atoms with Crippen molar-refractivity contribution in [1.82, 2.24) is 20.5 Å². The van der Waals surface area contributed by atoms with Crippen LogP contribution in [0, 0.1) is 0 Å². The van der Waals surface area contributed by atoms with Gasteiger partial charge in [0.25, 0.3) is 0 Å². The highest BCUT2D eigenvalue weighted by Gasteiger charge is 2.02. The topological polar surface area (TPSA) is 63.5 Å². The number of thiocarbonyl (C=S) groups is 1. The highest BCUT2D eigenvalue weighted by atomic mass is 32.1. The lowest BCUT2D eigenvalue weighted by molar-refractivity contribution is 0.179. The van der Waals surface area contributed by atoms with Crippen molar-refractivity contribution >= 4 is 23.5 Å². The largest absolute Gasteiger partial charge is 0.383 e. The van der Waals surface area contributed by atoms with Gasteiger partial charge in [-0.3, -0.25) is 5.43 Å².